The first-order valence-electron chi connectivity index (χ1n) is 7.92. The maximum atomic E-state index is 13.0. The third-order valence-electron chi connectivity index (χ3n) is 3.68. The van der Waals surface area contributed by atoms with Gasteiger partial charge in [-0.1, -0.05) is 30.3 Å². The Hall–Kier alpha value is -3.19. The fourth-order valence-electron chi connectivity index (χ4n) is 2.32. The number of amides is 1. The topological polar surface area (TPSA) is 81.4 Å². The number of carbonyl (C=O) groups excluding carboxylic acids is 2. The summed E-state index contributed by atoms with van der Waals surface area (Å²) in [6.07, 6.45) is 1.13. The molecule has 27 heavy (non-hydrogen) atoms. The number of nitrogens with zero attached hydrogens (tertiary/aromatic N) is 1. The Bertz CT molecular complexity index is 928. The van der Waals surface area contributed by atoms with Crippen molar-refractivity contribution in [1.29, 1.82) is 0 Å². The van der Waals surface area contributed by atoms with E-state index in [1.54, 1.807) is 24.3 Å². The molecule has 0 fully saturated rings. The normalized spacial score (nSPS) is 11.6. The lowest BCUT2D eigenvalue weighted by Crippen LogP contribution is -2.32. The highest BCUT2D eigenvalue weighted by atomic mass is 35.5. The molecule has 138 valence electrons. The fourth-order valence-corrected chi connectivity index (χ4v) is 2.46. The maximum absolute atomic E-state index is 13.0. The number of oxazole rings is 1. The second-order valence-corrected chi connectivity index (χ2v) is 5.85. The molecule has 0 aliphatic carbocycles. The Morgan fingerprint density at radius 2 is 1.85 bits per heavy atom. The second-order valence-electron chi connectivity index (χ2n) is 5.53. The minimum absolute atomic E-state index is 0.00536. The number of hydrogen-bond donors (Lipinski definition) is 1. The molecule has 0 aliphatic rings. The van der Waals surface area contributed by atoms with Crippen LogP contribution in [0.5, 0.6) is 0 Å². The predicted octanol–water partition coefficient (Wildman–Crippen LogP) is 3.80. The van der Waals surface area contributed by atoms with Gasteiger partial charge in [-0.25, -0.2) is 9.18 Å². The summed E-state index contributed by atoms with van der Waals surface area (Å²) in [6, 6.07) is 13.3. The lowest BCUT2D eigenvalue weighted by atomic mass is 10.1. The molecule has 0 aliphatic heterocycles. The van der Waals surface area contributed by atoms with Gasteiger partial charge in [0.15, 0.2) is 5.69 Å². The van der Waals surface area contributed by atoms with Crippen molar-refractivity contribution < 1.29 is 23.1 Å². The molecule has 0 spiro atoms. The molecule has 1 aromatic heterocycles. The second kappa shape index (κ2) is 8.46. The van der Waals surface area contributed by atoms with Crippen LogP contribution in [0, 0.1) is 5.82 Å². The van der Waals surface area contributed by atoms with Crippen LogP contribution in [0.1, 0.15) is 32.5 Å². The first kappa shape index (κ1) is 18.6. The number of benzene rings is 2. The Morgan fingerprint density at radius 1 is 1.15 bits per heavy atom. The van der Waals surface area contributed by atoms with Crippen LogP contribution < -0.4 is 5.32 Å². The minimum atomic E-state index is -0.630. The summed E-state index contributed by atoms with van der Waals surface area (Å²) in [5, 5.41) is 2.57. The van der Waals surface area contributed by atoms with E-state index in [0.29, 0.717) is 0 Å². The molecule has 1 N–H and O–H groups in total. The van der Waals surface area contributed by atoms with Gasteiger partial charge in [-0.05, 0) is 41.4 Å². The summed E-state index contributed by atoms with van der Waals surface area (Å²) in [5.74, 6) is -1.61. The first-order chi connectivity index (χ1) is 13.0. The molecular formula is C19H14ClFN2O4. The van der Waals surface area contributed by atoms with Crippen LogP contribution in [-0.2, 0) is 4.74 Å². The van der Waals surface area contributed by atoms with Crippen molar-refractivity contribution >= 4 is 23.5 Å². The third kappa shape index (κ3) is 4.92. The van der Waals surface area contributed by atoms with Gasteiger partial charge < -0.3 is 14.5 Å². The van der Waals surface area contributed by atoms with Crippen LogP contribution in [0.25, 0.3) is 0 Å². The Labute approximate surface area is 158 Å². The van der Waals surface area contributed by atoms with Gasteiger partial charge >= 0.3 is 5.97 Å². The van der Waals surface area contributed by atoms with Gasteiger partial charge in [-0.3, -0.25) is 4.79 Å². The Morgan fingerprint density at radius 3 is 2.48 bits per heavy atom. The maximum Gasteiger partial charge on any atom is 0.338 e. The molecule has 1 heterocycles. The van der Waals surface area contributed by atoms with E-state index in [1.807, 2.05) is 6.07 Å². The number of hydrogen-bond acceptors (Lipinski definition) is 5. The predicted molar refractivity (Wildman–Crippen MR) is 94.8 cm³/mol. The quantitative estimate of drug-likeness (QED) is 0.649. The van der Waals surface area contributed by atoms with E-state index in [4.69, 9.17) is 20.8 Å². The van der Waals surface area contributed by atoms with Crippen LogP contribution in [0.4, 0.5) is 4.39 Å². The molecule has 0 saturated carbocycles. The van der Waals surface area contributed by atoms with Crippen molar-refractivity contribution in [3.8, 4) is 0 Å². The number of ether oxygens (including phenoxy) is 1. The molecule has 0 saturated heterocycles. The van der Waals surface area contributed by atoms with Crippen LogP contribution in [0.2, 0.25) is 5.35 Å². The SMILES string of the molecule is O=C(OC[C@H](NC(=O)c1coc(Cl)n1)c1ccccc1)c1ccc(F)cc1. The lowest BCUT2D eigenvalue weighted by molar-refractivity contribution is 0.0455. The van der Waals surface area contributed by atoms with Crippen LogP contribution in [0.3, 0.4) is 0 Å². The zero-order valence-electron chi connectivity index (χ0n) is 13.9. The molecule has 3 rings (SSSR count). The average molecular weight is 389 g/mol. The van der Waals surface area contributed by atoms with Crippen molar-refractivity contribution in [2.75, 3.05) is 6.61 Å². The van der Waals surface area contributed by atoms with Gasteiger partial charge in [0.25, 0.3) is 11.3 Å². The highest BCUT2D eigenvalue weighted by molar-refractivity contribution is 6.27. The Kier molecular flexibility index (Phi) is 5.83. The van der Waals surface area contributed by atoms with Gasteiger partial charge in [0, 0.05) is 0 Å². The molecule has 1 amide bonds. The highest BCUT2D eigenvalue weighted by Gasteiger charge is 2.20. The molecule has 0 radical (unpaired) electrons. The summed E-state index contributed by atoms with van der Waals surface area (Å²) >= 11 is 5.59. The molecule has 2 aromatic carbocycles. The van der Waals surface area contributed by atoms with Crippen LogP contribution in [-0.4, -0.2) is 23.5 Å². The van der Waals surface area contributed by atoms with Crippen molar-refractivity contribution in [2.45, 2.75) is 6.04 Å². The Balaban J connectivity index is 1.71. The van der Waals surface area contributed by atoms with Crippen LogP contribution >= 0.6 is 11.6 Å². The van der Waals surface area contributed by atoms with E-state index in [2.05, 4.69) is 10.3 Å². The standard InChI is InChI=1S/C19H14ClFN2O4/c20-19-23-16(11-27-19)17(24)22-15(12-4-2-1-3-5-12)10-26-18(25)13-6-8-14(21)9-7-13/h1-9,11,15H,10H2,(H,22,24)/t15-/m0/s1. The number of carbonyl (C=O) groups is 2. The zero-order valence-corrected chi connectivity index (χ0v) is 14.7. The zero-order chi connectivity index (χ0) is 19.2. The summed E-state index contributed by atoms with van der Waals surface area (Å²) in [4.78, 5) is 28.2. The molecule has 3 aromatic rings. The van der Waals surface area contributed by atoms with E-state index in [0.717, 1.165) is 11.8 Å². The summed E-state index contributed by atoms with van der Waals surface area (Å²) < 4.78 is 23.1. The average Bonchev–Trinajstić information content (AvgIpc) is 3.12. The minimum Gasteiger partial charge on any atom is -0.460 e. The summed E-state index contributed by atoms with van der Waals surface area (Å²) in [7, 11) is 0. The third-order valence-corrected chi connectivity index (χ3v) is 3.85. The fraction of sp³-hybridized carbons (Fsp3) is 0.105. The van der Waals surface area contributed by atoms with Gasteiger partial charge in [-0.2, -0.15) is 4.98 Å². The van der Waals surface area contributed by atoms with E-state index in [-0.39, 0.29) is 23.2 Å². The van der Waals surface area contributed by atoms with Gasteiger partial charge in [0.2, 0.25) is 0 Å². The number of nitrogens with one attached hydrogen (secondary N) is 1. The summed E-state index contributed by atoms with van der Waals surface area (Å²) in [5.41, 5.74) is 0.941. The van der Waals surface area contributed by atoms with E-state index < -0.39 is 23.7 Å². The van der Waals surface area contributed by atoms with Gasteiger partial charge in [0.1, 0.15) is 18.7 Å². The number of halogens is 2. The molecule has 0 bridgehead atoms. The highest BCUT2D eigenvalue weighted by Crippen LogP contribution is 2.16. The van der Waals surface area contributed by atoms with Gasteiger partial charge in [0.05, 0.1) is 11.6 Å². The number of aromatic nitrogens is 1. The molecular weight excluding hydrogens is 375 g/mol. The monoisotopic (exact) mass is 388 g/mol. The van der Waals surface area contributed by atoms with E-state index in [1.165, 1.54) is 24.3 Å². The number of esters is 1. The molecule has 0 unspecified atom stereocenters. The van der Waals surface area contributed by atoms with Crippen molar-refractivity contribution in [3.63, 3.8) is 0 Å². The molecule has 1 atom stereocenters. The molecule has 8 heteroatoms. The van der Waals surface area contributed by atoms with Crippen LogP contribution in [0.15, 0.2) is 65.3 Å². The smallest absolute Gasteiger partial charge is 0.338 e. The van der Waals surface area contributed by atoms with E-state index >= 15 is 0 Å². The van der Waals surface area contributed by atoms with Crippen molar-refractivity contribution in [3.05, 3.63) is 88.8 Å². The van der Waals surface area contributed by atoms with E-state index in [9.17, 15) is 14.0 Å². The van der Waals surface area contributed by atoms with Gasteiger partial charge in [-0.15, -0.1) is 0 Å². The molecule has 6 nitrogen and oxygen atoms in total. The summed E-state index contributed by atoms with van der Waals surface area (Å²) in [6.45, 7) is -0.127. The first-order valence-corrected chi connectivity index (χ1v) is 8.30. The number of rotatable bonds is 6. The van der Waals surface area contributed by atoms with Crippen molar-refractivity contribution in [1.82, 2.24) is 10.3 Å². The largest absolute Gasteiger partial charge is 0.460 e. The van der Waals surface area contributed by atoms with Crippen molar-refractivity contribution in [2.24, 2.45) is 0 Å². The lowest BCUT2D eigenvalue weighted by Gasteiger charge is -2.18.